The molecule has 16 heavy (non-hydrogen) atoms. The Hall–Kier alpha value is -0.410. The molecular formula is C13H25N2O. The Morgan fingerprint density at radius 2 is 2.00 bits per heavy atom. The Bertz CT molecular complexity index is 185. The first-order chi connectivity index (χ1) is 7.88. The maximum Gasteiger partial charge on any atom is 0.218 e. The van der Waals surface area contributed by atoms with E-state index in [0.29, 0.717) is 0 Å². The van der Waals surface area contributed by atoms with Gasteiger partial charge in [0.1, 0.15) is 0 Å². The molecule has 0 bridgehead atoms. The molecule has 0 aromatic rings. The first kappa shape index (κ1) is 13.7. The van der Waals surface area contributed by atoms with Crippen LogP contribution in [0.5, 0.6) is 0 Å². The third-order valence-corrected chi connectivity index (χ3v) is 3.29. The summed E-state index contributed by atoms with van der Waals surface area (Å²) in [5, 5.41) is 3.23. The summed E-state index contributed by atoms with van der Waals surface area (Å²) >= 11 is 0. The van der Waals surface area contributed by atoms with E-state index in [1.807, 2.05) is 0 Å². The van der Waals surface area contributed by atoms with Gasteiger partial charge in [0.2, 0.25) is 6.29 Å². The molecular weight excluding hydrogens is 200 g/mol. The second-order valence-corrected chi connectivity index (χ2v) is 4.64. The molecule has 0 saturated carbocycles. The van der Waals surface area contributed by atoms with Crippen molar-refractivity contribution in [1.82, 2.24) is 10.2 Å². The Kier molecular flexibility index (Phi) is 7.43. The molecule has 93 valence electrons. The Morgan fingerprint density at radius 1 is 1.25 bits per heavy atom. The first-order valence-corrected chi connectivity index (χ1v) is 6.71. The molecule has 3 heteroatoms. The van der Waals surface area contributed by atoms with Crippen LogP contribution in [0, 0.1) is 0 Å². The number of unbranched alkanes of at least 4 members (excludes halogenated alkanes) is 5. The number of carbonyl (C=O) groups excluding carboxylic acids is 1. The van der Waals surface area contributed by atoms with Crippen LogP contribution >= 0.6 is 0 Å². The minimum atomic E-state index is -0.00982. The van der Waals surface area contributed by atoms with Crippen molar-refractivity contribution in [3.8, 4) is 0 Å². The maximum absolute atomic E-state index is 10.7. The molecule has 1 atom stereocenters. The van der Waals surface area contributed by atoms with E-state index < -0.39 is 0 Å². The summed E-state index contributed by atoms with van der Waals surface area (Å²) < 4.78 is 0. The van der Waals surface area contributed by atoms with Crippen molar-refractivity contribution >= 4 is 6.29 Å². The second-order valence-electron chi connectivity index (χ2n) is 4.64. The minimum absolute atomic E-state index is 0.00982. The molecule has 0 spiro atoms. The normalized spacial score (nSPS) is 22.2. The maximum atomic E-state index is 10.7. The highest BCUT2D eigenvalue weighted by Gasteiger charge is 2.21. The molecule has 1 N–H and O–H groups in total. The van der Waals surface area contributed by atoms with Gasteiger partial charge in [-0.3, -0.25) is 9.69 Å². The largest absolute Gasteiger partial charge is 0.313 e. The van der Waals surface area contributed by atoms with E-state index in [1.54, 1.807) is 0 Å². The van der Waals surface area contributed by atoms with E-state index in [0.717, 1.165) is 26.2 Å². The molecule has 3 nitrogen and oxygen atoms in total. The van der Waals surface area contributed by atoms with Gasteiger partial charge in [-0.1, -0.05) is 39.0 Å². The highest BCUT2D eigenvalue weighted by molar-refractivity contribution is 5.59. The standard InChI is InChI=1S/C13H25N2O/c1-2-3-4-5-6-7-9-15-10-8-14-11-13(15)12-16/h13-14H,2-11H2,1H3/t13-/m0/s1. The average Bonchev–Trinajstić information content (AvgIpc) is 2.34. The summed E-state index contributed by atoms with van der Waals surface area (Å²) in [6, 6.07) is -0.00982. The van der Waals surface area contributed by atoms with E-state index in [9.17, 15) is 4.79 Å². The van der Waals surface area contributed by atoms with Gasteiger partial charge in [0.05, 0.1) is 6.04 Å². The Balaban J connectivity index is 2.04. The molecule has 1 rings (SSSR count). The van der Waals surface area contributed by atoms with Gasteiger partial charge in [0.15, 0.2) is 0 Å². The zero-order chi connectivity index (χ0) is 11.6. The number of nitrogens with one attached hydrogen (secondary N) is 1. The topological polar surface area (TPSA) is 32.3 Å². The molecule has 1 saturated heterocycles. The highest BCUT2D eigenvalue weighted by Crippen LogP contribution is 2.08. The molecule has 1 fully saturated rings. The molecule has 1 aliphatic rings. The van der Waals surface area contributed by atoms with Gasteiger partial charge < -0.3 is 5.32 Å². The summed E-state index contributed by atoms with van der Waals surface area (Å²) in [5.74, 6) is 0. The quantitative estimate of drug-likeness (QED) is 0.639. The minimum Gasteiger partial charge on any atom is -0.313 e. The summed E-state index contributed by atoms with van der Waals surface area (Å²) in [7, 11) is 0. The third-order valence-electron chi connectivity index (χ3n) is 3.29. The summed E-state index contributed by atoms with van der Waals surface area (Å²) in [6.07, 6.45) is 10.0. The van der Waals surface area contributed by atoms with Gasteiger partial charge in [-0.25, -0.2) is 0 Å². The van der Waals surface area contributed by atoms with Gasteiger partial charge in [-0.05, 0) is 13.0 Å². The van der Waals surface area contributed by atoms with E-state index in [-0.39, 0.29) is 6.04 Å². The van der Waals surface area contributed by atoms with Crippen molar-refractivity contribution in [1.29, 1.82) is 0 Å². The average molecular weight is 225 g/mol. The molecule has 0 amide bonds. The van der Waals surface area contributed by atoms with E-state index in [4.69, 9.17) is 0 Å². The van der Waals surface area contributed by atoms with E-state index in [1.165, 1.54) is 38.5 Å². The molecule has 1 aliphatic heterocycles. The van der Waals surface area contributed by atoms with Crippen molar-refractivity contribution in [3.63, 3.8) is 0 Å². The lowest BCUT2D eigenvalue weighted by Gasteiger charge is -2.32. The van der Waals surface area contributed by atoms with Crippen LogP contribution in [0.4, 0.5) is 0 Å². The zero-order valence-electron chi connectivity index (χ0n) is 10.5. The van der Waals surface area contributed by atoms with E-state index >= 15 is 0 Å². The van der Waals surface area contributed by atoms with Crippen LogP contribution in [0.3, 0.4) is 0 Å². The lowest BCUT2D eigenvalue weighted by Crippen LogP contribution is -2.52. The zero-order valence-corrected chi connectivity index (χ0v) is 10.5. The predicted octanol–water partition coefficient (Wildman–Crippen LogP) is 1.73. The van der Waals surface area contributed by atoms with Crippen LogP contribution in [0.15, 0.2) is 0 Å². The van der Waals surface area contributed by atoms with Crippen LogP contribution < -0.4 is 5.32 Å². The van der Waals surface area contributed by atoms with Gasteiger partial charge in [0, 0.05) is 19.6 Å². The number of piperazine rings is 1. The number of nitrogens with zero attached hydrogens (tertiary/aromatic N) is 1. The third kappa shape index (κ3) is 5.08. The fraction of sp³-hybridized carbons (Fsp3) is 0.923. The van der Waals surface area contributed by atoms with Crippen LogP contribution in [-0.4, -0.2) is 43.4 Å². The molecule has 0 aromatic carbocycles. The van der Waals surface area contributed by atoms with Crippen LogP contribution in [-0.2, 0) is 4.79 Å². The molecule has 1 radical (unpaired) electrons. The van der Waals surface area contributed by atoms with Crippen molar-refractivity contribution in [3.05, 3.63) is 0 Å². The van der Waals surface area contributed by atoms with Crippen molar-refractivity contribution in [2.45, 2.75) is 51.5 Å². The second kappa shape index (κ2) is 8.71. The molecule has 0 aromatic heterocycles. The Morgan fingerprint density at radius 3 is 2.75 bits per heavy atom. The number of hydrogen-bond acceptors (Lipinski definition) is 3. The first-order valence-electron chi connectivity index (χ1n) is 6.71. The number of rotatable bonds is 8. The van der Waals surface area contributed by atoms with Gasteiger partial charge in [0.25, 0.3) is 0 Å². The van der Waals surface area contributed by atoms with Crippen molar-refractivity contribution < 1.29 is 4.79 Å². The Labute approximate surface area is 99.6 Å². The monoisotopic (exact) mass is 225 g/mol. The summed E-state index contributed by atoms with van der Waals surface area (Å²) in [6.45, 7) is 6.08. The summed E-state index contributed by atoms with van der Waals surface area (Å²) in [4.78, 5) is 13.0. The fourth-order valence-electron chi connectivity index (χ4n) is 2.23. The number of hydrogen-bond donors (Lipinski definition) is 1. The van der Waals surface area contributed by atoms with Gasteiger partial charge >= 0.3 is 0 Å². The molecule has 0 unspecified atom stereocenters. The van der Waals surface area contributed by atoms with E-state index in [2.05, 4.69) is 23.4 Å². The van der Waals surface area contributed by atoms with Gasteiger partial charge in [-0.15, -0.1) is 0 Å². The van der Waals surface area contributed by atoms with Crippen LogP contribution in [0.25, 0.3) is 0 Å². The molecule has 1 heterocycles. The predicted molar refractivity (Wildman–Crippen MR) is 67.3 cm³/mol. The lowest BCUT2D eigenvalue weighted by molar-refractivity contribution is 0.197. The van der Waals surface area contributed by atoms with Gasteiger partial charge in [-0.2, -0.15) is 0 Å². The highest BCUT2D eigenvalue weighted by atomic mass is 16.1. The summed E-state index contributed by atoms with van der Waals surface area (Å²) in [5.41, 5.74) is 0. The SMILES string of the molecule is CCCCCCCCN1CCNC[C@H]1[C]=O. The van der Waals surface area contributed by atoms with Crippen molar-refractivity contribution in [2.75, 3.05) is 26.2 Å². The smallest absolute Gasteiger partial charge is 0.218 e. The van der Waals surface area contributed by atoms with Crippen molar-refractivity contribution in [2.24, 2.45) is 0 Å². The molecule has 0 aliphatic carbocycles. The fourth-order valence-corrected chi connectivity index (χ4v) is 2.23. The van der Waals surface area contributed by atoms with Crippen LogP contribution in [0.2, 0.25) is 0 Å². The lowest BCUT2D eigenvalue weighted by atomic mass is 10.1. The van der Waals surface area contributed by atoms with Crippen LogP contribution in [0.1, 0.15) is 45.4 Å².